The van der Waals surface area contributed by atoms with Crippen LogP contribution < -0.4 is 5.32 Å². The number of halogens is 2. The van der Waals surface area contributed by atoms with E-state index >= 15 is 0 Å². The molecule has 100 valence electrons. The topological polar surface area (TPSA) is 37.8 Å². The van der Waals surface area contributed by atoms with Crippen molar-refractivity contribution < 1.29 is 4.39 Å². The van der Waals surface area contributed by atoms with Crippen LogP contribution in [0.5, 0.6) is 0 Å². The predicted molar refractivity (Wildman–Crippen MR) is 79.0 cm³/mol. The summed E-state index contributed by atoms with van der Waals surface area (Å²) in [6.45, 7) is 1.98. The molecule has 3 aromatic rings. The van der Waals surface area contributed by atoms with E-state index in [2.05, 4.69) is 15.3 Å². The highest BCUT2D eigenvalue weighted by atomic mass is 35.5. The Kier molecular flexibility index (Phi) is 3.24. The molecule has 0 unspecified atom stereocenters. The lowest BCUT2D eigenvalue weighted by Gasteiger charge is -2.10. The van der Waals surface area contributed by atoms with Gasteiger partial charge in [0.1, 0.15) is 12.1 Å². The summed E-state index contributed by atoms with van der Waals surface area (Å²) in [5.74, 6) is 0.0634. The quantitative estimate of drug-likeness (QED) is 0.755. The number of rotatable bonds is 2. The summed E-state index contributed by atoms with van der Waals surface area (Å²) in [5, 5.41) is 3.89. The van der Waals surface area contributed by atoms with Crippen LogP contribution in [0.1, 0.15) is 5.56 Å². The Morgan fingerprint density at radius 2 is 2.00 bits per heavy atom. The van der Waals surface area contributed by atoms with Crippen molar-refractivity contribution in [1.82, 2.24) is 9.97 Å². The highest BCUT2D eigenvalue weighted by molar-refractivity contribution is 6.31. The first-order valence-electron chi connectivity index (χ1n) is 6.07. The van der Waals surface area contributed by atoms with E-state index in [4.69, 9.17) is 11.6 Å². The third-order valence-corrected chi connectivity index (χ3v) is 3.29. The first kappa shape index (κ1) is 12.8. The number of nitrogens with one attached hydrogen (secondary N) is 1. The number of aromatic nitrogens is 2. The zero-order chi connectivity index (χ0) is 14.1. The number of hydrogen-bond donors (Lipinski definition) is 1. The van der Waals surface area contributed by atoms with Gasteiger partial charge < -0.3 is 5.32 Å². The van der Waals surface area contributed by atoms with Gasteiger partial charge in [0.15, 0.2) is 5.82 Å². The van der Waals surface area contributed by atoms with E-state index in [-0.39, 0.29) is 5.02 Å². The van der Waals surface area contributed by atoms with Gasteiger partial charge in [-0.05, 0) is 31.2 Å². The third-order valence-electron chi connectivity index (χ3n) is 3.00. The minimum Gasteiger partial charge on any atom is -0.337 e. The molecule has 0 bridgehead atoms. The van der Waals surface area contributed by atoms with E-state index in [0.717, 1.165) is 16.5 Å². The summed E-state index contributed by atoms with van der Waals surface area (Å²) in [5.41, 5.74) is 2.18. The zero-order valence-electron chi connectivity index (χ0n) is 10.7. The fourth-order valence-electron chi connectivity index (χ4n) is 2.00. The molecule has 2 aromatic carbocycles. The van der Waals surface area contributed by atoms with E-state index in [1.54, 1.807) is 12.1 Å². The second kappa shape index (κ2) is 5.06. The van der Waals surface area contributed by atoms with Gasteiger partial charge >= 0.3 is 0 Å². The first-order valence-corrected chi connectivity index (χ1v) is 6.45. The number of fused-ring (bicyclic) bond motifs is 1. The van der Waals surface area contributed by atoms with Crippen molar-refractivity contribution in [1.29, 1.82) is 0 Å². The minimum atomic E-state index is -0.492. The molecule has 0 fully saturated rings. The van der Waals surface area contributed by atoms with E-state index in [1.807, 2.05) is 25.1 Å². The fourth-order valence-corrected chi connectivity index (χ4v) is 2.17. The Hall–Kier alpha value is -2.20. The highest BCUT2D eigenvalue weighted by Gasteiger charge is 2.09. The predicted octanol–water partition coefficient (Wildman–Crippen LogP) is 4.47. The third kappa shape index (κ3) is 2.30. The molecule has 0 saturated carbocycles. The smallest absolute Gasteiger partial charge is 0.165 e. The maximum Gasteiger partial charge on any atom is 0.165 e. The summed E-state index contributed by atoms with van der Waals surface area (Å²) < 4.78 is 13.9. The number of anilines is 2. The Labute approximate surface area is 120 Å². The molecular weight excluding hydrogens is 277 g/mol. The van der Waals surface area contributed by atoms with Crippen molar-refractivity contribution in [2.24, 2.45) is 0 Å². The average Bonchev–Trinajstić information content (AvgIpc) is 2.44. The molecule has 1 heterocycles. The minimum absolute atomic E-state index is 0.0737. The van der Waals surface area contributed by atoms with Crippen LogP contribution in [0.15, 0.2) is 42.7 Å². The Balaban J connectivity index is 2.11. The molecule has 20 heavy (non-hydrogen) atoms. The monoisotopic (exact) mass is 287 g/mol. The summed E-state index contributed by atoms with van der Waals surface area (Å²) in [4.78, 5) is 8.38. The molecule has 0 amide bonds. The molecule has 0 atom stereocenters. The SMILES string of the molecule is Cc1ccc2ncnc(Nc3cccc(Cl)c3F)c2c1. The summed E-state index contributed by atoms with van der Waals surface area (Å²) in [6.07, 6.45) is 1.45. The van der Waals surface area contributed by atoms with Crippen LogP contribution in [0.2, 0.25) is 5.02 Å². The molecule has 3 rings (SSSR count). The van der Waals surface area contributed by atoms with Gasteiger partial charge in [-0.2, -0.15) is 0 Å². The van der Waals surface area contributed by atoms with Crippen LogP contribution >= 0.6 is 11.6 Å². The molecule has 0 spiro atoms. The van der Waals surface area contributed by atoms with Crippen molar-refractivity contribution >= 4 is 34.0 Å². The van der Waals surface area contributed by atoms with E-state index in [1.165, 1.54) is 12.4 Å². The highest BCUT2D eigenvalue weighted by Crippen LogP contribution is 2.28. The van der Waals surface area contributed by atoms with Crippen molar-refractivity contribution in [3.8, 4) is 0 Å². The van der Waals surface area contributed by atoms with Crippen molar-refractivity contribution in [2.45, 2.75) is 6.92 Å². The second-order valence-electron chi connectivity index (χ2n) is 4.47. The fraction of sp³-hybridized carbons (Fsp3) is 0.0667. The van der Waals surface area contributed by atoms with Crippen molar-refractivity contribution in [2.75, 3.05) is 5.32 Å². The number of nitrogens with zero attached hydrogens (tertiary/aromatic N) is 2. The Bertz CT molecular complexity index is 789. The van der Waals surface area contributed by atoms with Crippen LogP contribution in [-0.4, -0.2) is 9.97 Å². The van der Waals surface area contributed by atoms with Gasteiger partial charge in [-0.15, -0.1) is 0 Å². The van der Waals surface area contributed by atoms with Crippen LogP contribution in [0.4, 0.5) is 15.9 Å². The Morgan fingerprint density at radius 1 is 1.15 bits per heavy atom. The largest absolute Gasteiger partial charge is 0.337 e. The molecule has 3 nitrogen and oxygen atoms in total. The first-order chi connectivity index (χ1) is 9.65. The standard InChI is InChI=1S/C15H11ClFN3/c1-9-5-6-12-10(7-9)15(19-8-18-12)20-13-4-2-3-11(16)14(13)17/h2-8H,1H3,(H,18,19,20). The lowest BCUT2D eigenvalue weighted by Crippen LogP contribution is -1.98. The number of benzene rings is 2. The molecule has 0 aliphatic heterocycles. The van der Waals surface area contributed by atoms with Crippen molar-refractivity contribution in [3.63, 3.8) is 0 Å². The molecule has 1 aromatic heterocycles. The zero-order valence-corrected chi connectivity index (χ0v) is 11.4. The molecule has 0 aliphatic carbocycles. The van der Waals surface area contributed by atoms with Gasteiger partial charge in [0, 0.05) is 5.39 Å². The van der Waals surface area contributed by atoms with E-state index in [0.29, 0.717) is 11.5 Å². The summed E-state index contributed by atoms with van der Waals surface area (Å²) in [6, 6.07) is 10.6. The molecule has 0 saturated heterocycles. The van der Waals surface area contributed by atoms with Gasteiger partial charge in [0.2, 0.25) is 0 Å². The average molecular weight is 288 g/mol. The van der Waals surface area contributed by atoms with Gasteiger partial charge in [-0.25, -0.2) is 14.4 Å². The molecule has 5 heteroatoms. The van der Waals surface area contributed by atoms with Gasteiger partial charge in [0.05, 0.1) is 16.2 Å². The lowest BCUT2D eigenvalue weighted by molar-refractivity contribution is 0.632. The van der Waals surface area contributed by atoms with Gasteiger partial charge in [-0.1, -0.05) is 29.3 Å². The van der Waals surface area contributed by atoms with E-state index in [9.17, 15) is 4.39 Å². The van der Waals surface area contributed by atoms with Gasteiger partial charge in [-0.3, -0.25) is 0 Å². The van der Waals surface area contributed by atoms with Crippen LogP contribution in [-0.2, 0) is 0 Å². The number of hydrogen-bond acceptors (Lipinski definition) is 3. The number of aryl methyl sites for hydroxylation is 1. The lowest BCUT2D eigenvalue weighted by atomic mass is 10.1. The maximum atomic E-state index is 13.9. The normalized spacial score (nSPS) is 10.8. The van der Waals surface area contributed by atoms with Crippen LogP contribution in [0, 0.1) is 12.7 Å². The summed E-state index contributed by atoms with van der Waals surface area (Å²) in [7, 11) is 0. The second-order valence-corrected chi connectivity index (χ2v) is 4.88. The van der Waals surface area contributed by atoms with Gasteiger partial charge in [0.25, 0.3) is 0 Å². The van der Waals surface area contributed by atoms with Crippen LogP contribution in [0.3, 0.4) is 0 Å². The molecule has 1 N–H and O–H groups in total. The molecule has 0 radical (unpaired) electrons. The van der Waals surface area contributed by atoms with E-state index < -0.39 is 5.82 Å². The van der Waals surface area contributed by atoms with Crippen LogP contribution in [0.25, 0.3) is 10.9 Å². The Morgan fingerprint density at radius 3 is 2.85 bits per heavy atom. The van der Waals surface area contributed by atoms with Crippen molar-refractivity contribution in [3.05, 3.63) is 59.1 Å². The molecule has 0 aliphatic rings. The molecular formula is C15H11ClFN3. The maximum absolute atomic E-state index is 13.9. The summed E-state index contributed by atoms with van der Waals surface area (Å²) >= 11 is 5.78.